The molecule has 1 fully saturated rings. The van der Waals surface area contributed by atoms with Crippen molar-refractivity contribution in [2.24, 2.45) is 0 Å². The molecule has 0 bridgehead atoms. The van der Waals surface area contributed by atoms with Gasteiger partial charge in [0.05, 0.1) is 11.1 Å². The lowest BCUT2D eigenvalue weighted by atomic mass is 10.1. The quantitative estimate of drug-likeness (QED) is 0.909. The number of aliphatic carboxylic acids is 1. The Balaban J connectivity index is 1.86. The summed E-state index contributed by atoms with van der Waals surface area (Å²) in [6.45, 7) is 0.195. The summed E-state index contributed by atoms with van der Waals surface area (Å²) >= 11 is 6.10. The Morgan fingerprint density at radius 3 is 2.83 bits per heavy atom. The van der Waals surface area contributed by atoms with Gasteiger partial charge >= 0.3 is 5.97 Å². The summed E-state index contributed by atoms with van der Waals surface area (Å²) in [4.78, 5) is 25.2. The molecule has 7 nitrogen and oxygen atoms in total. The number of rotatable bonds is 4. The third-order valence-electron chi connectivity index (χ3n) is 4.01. The predicted octanol–water partition coefficient (Wildman–Crippen LogP) is 2.31. The molecule has 1 saturated heterocycles. The standard InChI is InChI=1S/C16H15ClN2O5/c1-23-9-6-13(16(21)22)19(8-9)15(20)12-7-14(24-18-12)10-4-2-3-5-11(10)17/h2-5,7,9,13H,6,8H2,1H3,(H,21,22). The minimum absolute atomic E-state index is 0.0351. The third kappa shape index (κ3) is 3.00. The molecule has 1 amide bonds. The number of likely N-dealkylation sites (tertiary alicyclic amines) is 1. The maximum Gasteiger partial charge on any atom is 0.326 e. The lowest BCUT2D eigenvalue weighted by molar-refractivity contribution is -0.141. The number of carbonyl (C=O) groups excluding carboxylic acids is 1. The summed E-state index contributed by atoms with van der Waals surface area (Å²) < 4.78 is 10.4. The summed E-state index contributed by atoms with van der Waals surface area (Å²) in [6, 6.07) is 7.53. The van der Waals surface area contributed by atoms with Crippen LogP contribution in [0.4, 0.5) is 0 Å². The number of amides is 1. The summed E-state index contributed by atoms with van der Waals surface area (Å²) in [7, 11) is 1.49. The molecule has 2 unspecified atom stereocenters. The zero-order chi connectivity index (χ0) is 17.3. The largest absolute Gasteiger partial charge is 0.480 e. The minimum Gasteiger partial charge on any atom is -0.480 e. The van der Waals surface area contributed by atoms with Crippen LogP contribution in [-0.2, 0) is 9.53 Å². The van der Waals surface area contributed by atoms with Gasteiger partial charge in [0.2, 0.25) is 0 Å². The van der Waals surface area contributed by atoms with E-state index in [2.05, 4.69) is 5.16 Å². The highest BCUT2D eigenvalue weighted by molar-refractivity contribution is 6.33. The minimum atomic E-state index is -1.07. The maximum absolute atomic E-state index is 12.6. The summed E-state index contributed by atoms with van der Waals surface area (Å²) in [5.74, 6) is -1.24. The van der Waals surface area contributed by atoms with Crippen molar-refractivity contribution in [2.45, 2.75) is 18.6 Å². The average molecular weight is 351 g/mol. The number of halogens is 1. The van der Waals surface area contributed by atoms with Crippen LogP contribution in [0.15, 0.2) is 34.9 Å². The van der Waals surface area contributed by atoms with Gasteiger partial charge in [-0.25, -0.2) is 4.79 Å². The first-order valence-corrected chi connectivity index (χ1v) is 7.67. The molecule has 1 aromatic carbocycles. The topological polar surface area (TPSA) is 92.9 Å². The Hall–Kier alpha value is -2.38. The number of aromatic nitrogens is 1. The smallest absolute Gasteiger partial charge is 0.326 e. The number of hydrogen-bond acceptors (Lipinski definition) is 5. The van der Waals surface area contributed by atoms with E-state index < -0.39 is 17.9 Å². The Morgan fingerprint density at radius 2 is 2.17 bits per heavy atom. The highest BCUT2D eigenvalue weighted by Gasteiger charge is 2.41. The molecule has 0 spiro atoms. The van der Waals surface area contributed by atoms with Crippen LogP contribution in [0.1, 0.15) is 16.9 Å². The van der Waals surface area contributed by atoms with E-state index in [4.69, 9.17) is 20.9 Å². The van der Waals surface area contributed by atoms with Gasteiger partial charge in [0.25, 0.3) is 5.91 Å². The number of ether oxygens (including phenoxy) is 1. The van der Waals surface area contributed by atoms with Gasteiger partial charge in [-0.3, -0.25) is 4.79 Å². The van der Waals surface area contributed by atoms with Gasteiger partial charge in [0.1, 0.15) is 6.04 Å². The third-order valence-corrected chi connectivity index (χ3v) is 4.34. The van der Waals surface area contributed by atoms with Crippen molar-refractivity contribution in [1.29, 1.82) is 0 Å². The molecule has 2 aromatic rings. The van der Waals surface area contributed by atoms with Crippen LogP contribution in [0.5, 0.6) is 0 Å². The molecule has 8 heteroatoms. The predicted molar refractivity (Wildman–Crippen MR) is 84.8 cm³/mol. The fourth-order valence-electron chi connectivity index (χ4n) is 2.74. The molecule has 24 heavy (non-hydrogen) atoms. The van der Waals surface area contributed by atoms with E-state index in [1.54, 1.807) is 24.3 Å². The van der Waals surface area contributed by atoms with E-state index in [0.717, 1.165) is 0 Å². The van der Waals surface area contributed by atoms with Crippen molar-refractivity contribution in [1.82, 2.24) is 10.1 Å². The summed E-state index contributed by atoms with van der Waals surface area (Å²) in [5, 5.41) is 13.5. The lowest BCUT2D eigenvalue weighted by Crippen LogP contribution is -2.40. The van der Waals surface area contributed by atoms with Gasteiger partial charge in [-0.1, -0.05) is 28.9 Å². The molecule has 1 aliphatic rings. The second kappa shape index (κ2) is 6.62. The molecular weight excluding hydrogens is 336 g/mol. The molecule has 0 aliphatic carbocycles. The summed E-state index contributed by atoms with van der Waals surface area (Å²) in [6.07, 6.45) is -0.0720. The molecule has 1 N–H and O–H groups in total. The van der Waals surface area contributed by atoms with Crippen LogP contribution < -0.4 is 0 Å². The van der Waals surface area contributed by atoms with Crippen LogP contribution in [0, 0.1) is 0 Å². The number of carboxylic acid groups (broad SMARTS) is 1. The number of hydrogen-bond donors (Lipinski definition) is 1. The van der Waals surface area contributed by atoms with E-state index in [0.29, 0.717) is 16.3 Å². The molecule has 3 rings (SSSR count). The molecule has 0 saturated carbocycles. The van der Waals surface area contributed by atoms with E-state index in [1.807, 2.05) is 0 Å². The molecule has 2 heterocycles. The Morgan fingerprint density at radius 1 is 1.42 bits per heavy atom. The SMILES string of the molecule is COC1CC(C(=O)O)N(C(=O)c2cc(-c3ccccc3Cl)on2)C1. The Labute approximate surface area is 142 Å². The van der Waals surface area contributed by atoms with Crippen molar-refractivity contribution in [3.8, 4) is 11.3 Å². The molecule has 0 radical (unpaired) electrons. The Bertz CT molecular complexity index is 775. The van der Waals surface area contributed by atoms with Crippen LogP contribution >= 0.6 is 11.6 Å². The van der Waals surface area contributed by atoms with Gasteiger partial charge in [-0.05, 0) is 12.1 Å². The van der Waals surface area contributed by atoms with Crippen LogP contribution in [-0.4, -0.2) is 52.8 Å². The maximum atomic E-state index is 12.6. The second-order valence-corrected chi connectivity index (χ2v) is 5.87. The van der Waals surface area contributed by atoms with E-state index in [1.165, 1.54) is 18.1 Å². The highest BCUT2D eigenvalue weighted by atomic mass is 35.5. The molecular formula is C16H15ClN2O5. The normalized spacial score (nSPS) is 20.3. The van der Waals surface area contributed by atoms with Crippen molar-refractivity contribution in [3.63, 3.8) is 0 Å². The van der Waals surface area contributed by atoms with Crippen molar-refractivity contribution in [2.75, 3.05) is 13.7 Å². The van der Waals surface area contributed by atoms with Gasteiger partial charge in [-0.15, -0.1) is 0 Å². The van der Waals surface area contributed by atoms with Crippen LogP contribution in [0.25, 0.3) is 11.3 Å². The van der Waals surface area contributed by atoms with Crippen molar-refractivity contribution < 1.29 is 24.0 Å². The zero-order valence-corrected chi connectivity index (χ0v) is 13.6. The van der Waals surface area contributed by atoms with Gasteiger partial charge in [0.15, 0.2) is 11.5 Å². The number of carbonyl (C=O) groups is 2. The number of nitrogens with zero attached hydrogens (tertiary/aromatic N) is 2. The van der Waals surface area contributed by atoms with Gasteiger partial charge < -0.3 is 19.3 Å². The fraction of sp³-hybridized carbons (Fsp3) is 0.312. The van der Waals surface area contributed by atoms with E-state index >= 15 is 0 Å². The van der Waals surface area contributed by atoms with E-state index in [9.17, 15) is 14.7 Å². The van der Waals surface area contributed by atoms with Crippen LogP contribution in [0.2, 0.25) is 5.02 Å². The van der Waals surface area contributed by atoms with Gasteiger partial charge in [-0.2, -0.15) is 0 Å². The van der Waals surface area contributed by atoms with E-state index in [-0.39, 0.29) is 24.8 Å². The zero-order valence-electron chi connectivity index (χ0n) is 12.8. The molecule has 1 aromatic heterocycles. The summed E-state index contributed by atoms with van der Waals surface area (Å²) in [5.41, 5.74) is 0.643. The van der Waals surface area contributed by atoms with Crippen molar-refractivity contribution >= 4 is 23.5 Å². The van der Waals surface area contributed by atoms with Crippen LogP contribution in [0.3, 0.4) is 0 Å². The Kier molecular flexibility index (Phi) is 4.55. The molecule has 2 atom stereocenters. The molecule has 1 aliphatic heterocycles. The number of benzene rings is 1. The lowest BCUT2D eigenvalue weighted by Gasteiger charge is -2.19. The average Bonchev–Trinajstić information content (AvgIpc) is 3.22. The highest BCUT2D eigenvalue weighted by Crippen LogP contribution is 2.29. The van der Waals surface area contributed by atoms with Gasteiger partial charge in [0, 0.05) is 31.7 Å². The fourth-order valence-corrected chi connectivity index (χ4v) is 2.97. The first-order valence-electron chi connectivity index (χ1n) is 7.29. The number of methoxy groups -OCH3 is 1. The first kappa shape index (κ1) is 16.5. The monoisotopic (exact) mass is 350 g/mol. The first-order chi connectivity index (χ1) is 11.5. The molecule has 126 valence electrons. The second-order valence-electron chi connectivity index (χ2n) is 5.46. The number of carboxylic acids is 1. The van der Waals surface area contributed by atoms with Crippen molar-refractivity contribution in [3.05, 3.63) is 41.0 Å².